The number of likely N-dealkylation sites (tertiary alicyclic amines) is 1. The number of fused-ring (bicyclic) bond motifs is 1. The Labute approximate surface area is 147 Å². The molecule has 1 aromatic heterocycles. The van der Waals surface area contributed by atoms with Gasteiger partial charge in [0.1, 0.15) is 0 Å². The Morgan fingerprint density at radius 3 is 2.88 bits per heavy atom. The van der Waals surface area contributed by atoms with Gasteiger partial charge in [0.25, 0.3) is 5.56 Å². The normalized spacial score (nSPS) is 23.0. The predicted octanol–water partition coefficient (Wildman–Crippen LogP) is 0.687. The van der Waals surface area contributed by atoms with E-state index in [4.69, 9.17) is 4.74 Å². The van der Waals surface area contributed by atoms with Crippen LogP contribution in [0.5, 0.6) is 0 Å². The van der Waals surface area contributed by atoms with Gasteiger partial charge in [0.05, 0.1) is 18.2 Å². The van der Waals surface area contributed by atoms with Crippen LogP contribution in [0.1, 0.15) is 37.4 Å². The summed E-state index contributed by atoms with van der Waals surface area (Å²) in [6, 6.07) is 1.60. The molecule has 0 bridgehead atoms. The Morgan fingerprint density at radius 2 is 2.12 bits per heavy atom. The number of hydrogen-bond donors (Lipinski definition) is 0. The maximum absolute atomic E-state index is 12.9. The van der Waals surface area contributed by atoms with Gasteiger partial charge in [-0.15, -0.1) is 0 Å². The van der Waals surface area contributed by atoms with Gasteiger partial charge in [-0.1, -0.05) is 0 Å². The van der Waals surface area contributed by atoms with Crippen molar-refractivity contribution in [2.45, 2.75) is 39.0 Å². The zero-order valence-corrected chi connectivity index (χ0v) is 14.9. The number of carbonyl (C=O) groups is 2. The van der Waals surface area contributed by atoms with Crippen LogP contribution < -0.4 is 5.56 Å². The summed E-state index contributed by atoms with van der Waals surface area (Å²) in [7, 11) is 1.64. The molecule has 25 heavy (non-hydrogen) atoms. The summed E-state index contributed by atoms with van der Waals surface area (Å²) in [5, 5.41) is 4.29. The molecule has 0 aromatic carbocycles. The smallest absolute Gasteiger partial charge is 0.310 e. The van der Waals surface area contributed by atoms with Crippen molar-refractivity contribution in [3.8, 4) is 0 Å². The molecule has 1 saturated heterocycles. The van der Waals surface area contributed by atoms with Crippen LogP contribution >= 0.6 is 0 Å². The number of piperidine rings is 1. The standard InChI is InChI=1S/C18H25N3O4/c1-3-25-18(24)13-5-4-8-21(11-13)17(23)12-6-7-15-14(9-12)10-16(22)20(2)19-15/h10,12-13H,3-9,11H2,1-2H3. The maximum Gasteiger partial charge on any atom is 0.310 e. The van der Waals surface area contributed by atoms with Crippen molar-refractivity contribution in [3.05, 3.63) is 27.7 Å². The molecular formula is C18H25N3O4. The second kappa shape index (κ2) is 7.37. The molecule has 0 spiro atoms. The van der Waals surface area contributed by atoms with E-state index in [1.165, 1.54) is 4.68 Å². The SMILES string of the molecule is CCOC(=O)C1CCCN(C(=O)C2CCc3nn(C)c(=O)cc3C2)C1. The van der Waals surface area contributed by atoms with Crippen LogP contribution in [0.3, 0.4) is 0 Å². The molecule has 2 atom stereocenters. The van der Waals surface area contributed by atoms with E-state index in [0.717, 1.165) is 30.5 Å². The van der Waals surface area contributed by atoms with Crippen molar-refractivity contribution in [2.24, 2.45) is 18.9 Å². The third-order valence-electron chi connectivity index (χ3n) is 5.16. The zero-order valence-electron chi connectivity index (χ0n) is 14.9. The van der Waals surface area contributed by atoms with Crippen LogP contribution in [0.4, 0.5) is 0 Å². The Balaban J connectivity index is 1.68. The van der Waals surface area contributed by atoms with E-state index < -0.39 is 0 Å². The molecule has 1 fully saturated rings. The first-order chi connectivity index (χ1) is 12.0. The van der Waals surface area contributed by atoms with Gasteiger partial charge in [-0.05, 0) is 44.6 Å². The Hall–Kier alpha value is -2.18. The van der Waals surface area contributed by atoms with Crippen LogP contribution in [-0.2, 0) is 34.2 Å². The highest BCUT2D eigenvalue weighted by Gasteiger charge is 2.34. The van der Waals surface area contributed by atoms with E-state index >= 15 is 0 Å². The van der Waals surface area contributed by atoms with Crippen LogP contribution in [0.15, 0.2) is 10.9 Å². The quantitative estimate of drug-likeness (QED) is 0.752. The van der Waals surface area contributed by atoms with E-state index in [1.807, 2.05) is 0 Å². The third-order valence-corrected chi connectivity index (χ3v) is 5.16. The molecule has 7 heteroatoms. The molecule has 2 heterocycles. The Kier molecular flexibility index (Phi) is 5.20. The highest BCUT2D eigenvalue weighted by Crippen LogP contribution is 2.27. The number of amides is 1. The third kappa shape index (κ3) is 3.75. The van der Waals surface area contributed by atoms with Crippen LogP contribution in [0.2, 0.25) is 0 Å². The second-order valence-corrected chi connectivity index (χ2v) is 6.89. The lowest BCUT2D eigenvalue weighted by Gasteiger charge is -2.35. The molecule has 2 unspecified atom stereocenters. The van der Waals surface area contributed by atoms with Crippen molar-refractivity contribution in [1.29, 1.82) is 0 Å². The molecule has 1 aromatic rings. The van der Waals surface area contributed by atoms with Gasteiger partial charge >= 0.3 is 5.97 Å². The zero-order chi connectivity index (χ0) is 18.0. The average molecular weight is 347 g/mol. The number of aryl methyl sites for hydroxylation is 2. The number of carbonyl (C=O) groups excluding carboxylic acids is 2. The summed E-state index contributed by atoms with van der Waals surface area (Å²) in [5.41, 5.74) is 1.65. The molecule has 1 aliphatic carbocycles. The molecule has 0 saturated carbocycles. The number of esters is 1. The lowest BCUT2D eigenvalue weighted by Crippen LogP contribution is -2.46. The number of nitrogens with zero attached hydrogens (tertiary/aromatic N) is 3. The summed E-state index contributed by atoms with van der Waals surface area (Å²) < 4.78 is 6.45. The molecule has 1 amide bonds. The summed E-state index contributed by atoms with van der Waals surface area (Å²) in [6.07, 6.45) is 3.58. The fraction of sp³-hybridized carbons (Fsp3) is 0.667. The van der Waals surface area contributed by atoms with Crippen LogP contribution in [0, 0.1) is 11.8 Å². The van der Waals surface area contributed by atoms with Crippen molar-refractivity contribution >= 4 is 11.9 Å². The van der Waals surface area contributed by atoms with Gasteiger partial charge in [-0.2, -0.15) is 5.10 Å². The fourth-order valence-corrected chi connectivity index (χ4v) is 3.78. The first kappa shape index (κ1) is 17.6. The van der Waals surface area contributed by atoms with Gasteiger partial charge in [-0.25, -0.2) is 4.68 Å². The monoisotopic (exact) mass is 347 g/mol. The summed E-state index contributed by atoms with van der Waals surface area (Å²) in [4.78, 5) is 38.5. The van der Waals surface area contributed by atoms with Gasteiger partial charge in [0, 0.05) is 32.1 Å². The van der Waals surface area contributed by atoms with Gasteiger partial charge in [0.15, 0.2) is 0 Å². The molecule has 3 rings (SSSR count). The minimum atomic E-state index is -0.220. The van der Waals surface area contributed by atoms with E-state index in [9.17, 15) is 14.4 Å². The van der Waals surface area contributed by atoms with Crippen molar-refractivity contribution in [1.82, 2.24) is 14.7 Å². The highest BCUT2D eigenvalue weighted by molar-refractivity contribution is 5.81. The largest absolute Gasteiger partial charge is 0.466 e. The minimum absolute atomic E-state index is 0.0836. The Morgan fingerprint density at radius 1 is 1.32 bits per heavy atom. The van der Waals surface area contributed by atoms with Gasteiger partial charge < -0.3 is 9.64 Å². The number of rotatable bonds is 3. The lowest BCUT2D eigenvalue weighted by molar-refractivity contribution is -0.152. The second-order valence-electron chi connectivity index (χ2n) is 6.89. The van der Waals surface area contributed by atoms with Gasteiger partial charge in [0.2, 0.25) is 5.91 Å². The highest BCUT2D eigenvalue weighted by atomic mass is 16.5. The number of ether oxygens (including phenoxy) is 1. The maximum atomic E-state index is 12.9. The molecule has 2 aliphatic rings. The van der Waals surface area contributed by atoms with E-state index in [1.54, 1.807) is 24.9 Å². The summed E-state index contributed by atoms with van der Waals surface area (Å²) in [6.45, 7) is 3.29. The van der Waals surface area contributed by atoms with Crippen molar-refractivity contribution in [2.75, 3.05) is 19.7 Å². The predicted molar refractivity (Wildman–Crippen MR) is 90.9 cm³/mol. The van der Waals surface area contributed by atoms with Crippen LogP contribution in [0.25, 0.3) is 0 Å². The topological polar surface area (TPSA) is 81.5 Å². The van der Waals surface area contributed by atoms with Crippen molar-refractivity contribution < 1.29 is 14.3 Å². The average Bonchev–Trinajstić information content (AvgIpc) is 2.62. The Bertz CT molecular complexity index is 728. The molecule has 136 valence electrons. The first-order valence-electron chi connectivity index (χ1n) is 9.01. The molecule has 0 N–H and O–H groups in total. The minimum Gasteiger partial charge on any atom is -0.466 e. The molecule has 0 radical (unpaired) electrons. The number of hydrogen-bond acceptors (Lipinski definition) is 5. The first-order valence-corrected chi connectivity index (χ1v) is 9.01. The molecule has 7 nitrogen and oxygen atoms in total. The van der Waals surface area contributed by atoms with Crippen molar-refractivity contribution in [3.63, 3.8) is 0 Å². The van der Waals surface area contributed by atoms with E-state index in [2.05, 4.69) is 5.10 Å². The lowest BCUT2D eigenvalue weighted by atomic mass is 9.85. The van der Waals surface area contributed by atoms with E-state index in [0.29, 0.717) is 32.5 Å². The summed E-state index contributed by atoms with van der Waals surface area (Å²) >= 11 is 0. The number of aromatic nitrogens is 2. The fourth-order valence-electron chi connectivity index (χ4n) is 3.78. The van der Waals surface area contributed by atoms with Gasteiger partial charge in [-0.3, -0.25) is 14.4 Å². The van der Waals surface area contributed by atoms with E-state index in [-0.39, 0.29) is 29.3 Å². The van der Waals surface area contributed by atoms with Crippen LogP contribution in [-0.4, -0.2) is 46.3 Å². The summed E-state index contributed by atoms with van der Waals surface area (Å²) in [5.74, 6) is -0.480. The molecule has 1 aliphatic heterocycles. The molecular weight excluding hydrogens is 322 g/mol.